The summed E-state index contributed by atoms with van der Waals surface area (Å²) in [5.41, 5.74) is 1.92. The van der Waals surface area contributed by atoms with Gasteiger partial charge < -0.3 is 0 Å². The van der Waals surface area contributed by atoms with E-state index in [1.807, 2.05) is 24.4 Å². The van der Waals surface area contributed by atoms with Crippen molar-refractivity contribution in [2.75, 3.05) is 0 Å². The molecule has 124 valence electrons. The second kappa shape index (κ2) is 6.34. The van der Waals surface area contributed by atoms with E-state index in [-0.39, 0.29) is 11.7 Å². The standard InChI is InChI=1S/C18H12FN3OS2/c1-11-16(25-17(21-11)15-3-2-10-24-15)14-8-9-20-22(14)18(23)12-4-6-13(19)7-5-12/h2-10H,1H3. The van der Waals surface area contributed by atoms with E-state index in [0.29, 0.717) is 11.3 Å². The highest BCUT2D eigenvalue weighted by Gasteiger charge is 2.19. The van der Waals surface area contributed by atoms with E-state index in [2.05, 4.69) is 10.1 Å². The zero-order valence-electron chi connectivity index (χ0n) is 13.1. The third-order valence-corrected chi connectivity index (χ3v) is 5.91. The van der Waals surface area contributed by atoms with Crippen molar-refractivity contribution in [2.45, 2.75) is 6.92 Å². The van der Waals surface area contributed by atoms with Crippen LogP contribution < -0.4 is 0 Å². The van der Waals surface area contributed by atoms with Crippen LogP contribution in [0.2, 0.25) is 0 Å². The Balaban J connectivity index is 1.75. The molecule has 0 N–H and O–H groups in total. The lowest BCUT2D eigenvalue weighted by atomic mass is 10.2. The van der Waals surface area contributed by atoms with Gasteiger partial charge in [0.05, 0.1) is 27.3 Å². The van der Waals surface area contributed by atoms with Crippen LogP contribution in [0.1, 0.15) is 16.1 Å². The fourth-order valence-electron chi connectivity index (χ4n) is 2.49. The summed E-state index contributed by atoms with van der Waals surface area (Å²) in [5.74, 6) is -0.679. The molecule has 25 heavy (non-hydrogen) atoms. The number of hydrogen-bond acceptors (Lipinski definition) is 5. The average Bonchev–Trinajstić information content (AvgIpc) is 3.35. The summed E-state index contributed by atoms with van der Waals surface area (Å²) in [7, 11) is 0. The van der Waals surface area contributed by atoms with Crippen LogP contribution in [-0.2, 0) is 0 Å². The Bertz CT molecular complexity index is 1030. The Morgan fingerprint density at radius 3 is 2.68 bits per heavy atom. The molecular formula is C18H12FN3OS2. The first kappa shape index (κ1) is 15.9. The summed E-state index contributed by atoms with van der Waals surface area (Å²) in [6.07, 6.45) is 1.58. The summed E-state index contributed by atoms with van der Waals surface area (Å²) in [4.78, 5) is 19.3. The minimum atomic E-state index is -0.379. The molecule has 0 bridgehead atoms. The van der Waals surface area contributed by atoms with Gasteiger partial charge in [0.25, 0.3) is 5.91 Å². The zero-order valence-corrected chi connectivity index (χ0v) is 14.8. The van der Waals surface area contributed by atoms with Crippen LogP contribution in [0.4, 0.5) is 4.39 Å². The summed E-state index contributed by atoms with van der Waals surface area (Å²) >= 11 is 3.16. The van der Waals surface area contributed by atoms with Crippen molar-refractivity contribution in [1.82, 2.24) is 14.8 Å². The van der Waals surface area contributed by atoms with Crippen LogP contribution in [0.15, 0.2) is 54.0 Å². The number of benzene rings is 1. The number of thiophene rings is 1. The van der Waals surface area contributed by atoms with Crippen LogP contribution in [-0.4, -0.2) is 20.7 Å². The maximum Gasteiger partial charge on any atom is 0.278 e. The monoisotopic (exact) mass is 369 g/mol. The van der Waals surface area contributed by atoms with Crippen molar-refractivity contribution in [3.8, 4) is 20.5 Å². The van der Waals surface area contributed by atoms with E-state index >= 15 is 0 Å². The summed E-state index contributed by atoms with van der Waals surface area (Å²) in [6, 6.07) is 11.2. The van der Waals surface area contributed by atoms with Crippen LogP contribution in [0.25, 0.3) is 20.5 Å². The highest BCUT2D eigenvalue weighted by atomic mass is 32.1. The molecule has 0 spiro atoms. The lowest BCUT2D eigenvalue weighted by Gasteiger charge is -2.05. The predicted molar refractivity (Wildman–Crippen MR) is 97.5 cm³/mol. The van der Waals surface area contributed by atoms with Gasteiger partial charge in [0.1, 0.15) is 10.8 Å². The molecule has 0 aliphatic carbocycles. The first-order valence-corrected chi connectivity index (χ1v) is 9.19. The van der Waals surface area contributed by atoms with E-state index in [1.54, 1.807) is 23.6 Å². The summed E-state index contributed by atoms with van der Waals surface area (Å²) < 4.78 is 14.4. The number of thiazole rings is 1. The number of rotatable bonds is 3. The third kappa shape index (κ3) is 2.92. The summed E-state index contributed by atoms with van der Waals surface area (Å²) in [5, 5.41) is 7.09. The van der Waals surface area contributed by atoms with Crippen LogP contribution in [0.5, 0.6) is 0 Å². The molecule has 1 aromatic carbocycles. The molecule has 0 aliphatic rings. The van der Waals surface area contributed by atoms with Crippen molar-refractivity contribution in [3.05, 3.63) is 71.1 Å². The quantitative estimate of drug-likeness (QED) is 0.517. The Hall–Kier alpha value is -2.64. The number of aromatic nitrogens is 3. The highest BCUT2D eigenvalue weighted by molar-refractivity contribution is 7.23. The van der Waals surface area contributed by atoms with Crippen molar-refractivity contribution in [2.24, 2.45) is 0 Å². The maximum atomic E-state index is 13.1. The lowest BCUT2D eigenvalue weighted by molar-refractivity contribution is 0.0947. The molecule has 0 saturated heterocycles. The minimum absolute atomic E-state index is 0.300. The van der Waals surface area contributed by atoms with E-state index in [0.717, 1.165) is 20.5 Å². The predicted octanol–water partition coefficient (Wildman–Crippen LogP) is 4.87. The molecular weight excluding hydrogens is 357 g/mol. The van der Waals surface area contributed by atoms with Crippen molar-refractivity contribution < 1.29 is 9.18 Å². The molecule has 0 fully saturated rings. The molecule has 0 aliphatic heterocycles. The lowest BCUT2D eigenvalue weighted by Crippen LogP contribution is -2.14. The molecule has 7 heteroatoms. The van der Waals surface area contributed by atoms with Crippen molar-refractivity contribution in [3.63, 3.8) is 0 Å². The molecule has 4 aromatic rings. The second-order valence-electron chi connectivity index (χ2n) is 5.35. The molecule has 0 saturated carbocycles. The third-order valence-electron chi connectivity index (χ3n) is 3.69. The van der Waals surface area contributed by atoms with Gasteiger partial charge in [0, 0.05) is 5.56 Å². The number of nitrogens with zero attached hydrogens (tertiary/aromatic N) is 3. The Morgan fingerprint density at radius 2 is 1.96 bits per heavy atom. The molecule has 3 aromatic heterocycles. The van der Waals surface area contributed by atoms with Gasteiger partial charge in [0.2, 0.25) is 0 Å². The molecule has 3 heterocycles. The van der Waals surface area contributed by atoms with Gasteiger partial charge in [-0.3, -0.25) is 4.79 Å². The number of carbonyl (C=O) groups is 1. The first-order valence-electron chi connectivity index (χ1n) is 7.49. The molecule has 4 nitrogen and oxygen atoms in total. The normalized spacial score (nSPS) is 11.0. The largest absolute Gasteiger partial charge is 0.278 e. The van der Waals surface area contributed by atoms with E-state index in [1.165, 1.54) is 40.3 Å². The number of carbonyl (C=O) groups excluding carboxylic acids is 1. The Labute approximate surface area is 151 Å². The molecule has 0 unspecified atom stereocenters. The SMILES string of the molecule is Cc1nc(-c2cccs2)sc1-c1ccnn1C(=O)c1ccc(F)cc1. The summed E-state index contributed by atoms with van der Waals surface area (Å²) in [6.45, 7) is 1.92. The molecule has 4 rings (SSSR count). The van der Waals surface area contributed by atoms with Crippen LogP contribution in [0, 0.1) is 12.7 Å². The smallest absolute Gasteiger partial charge is 0.267 e. The van der Waals surface area contributed by atoms with Gasteiger partial charge in [-0.2, -0.15) is 9.78 Å². The Kier molecular flexibility index (Phi) is 4.03. The van der Waals surface area contributed by atoms with E-state index in [4.69, 9.17) is 0 Å². The van der Waals surface area contributed by atoms with E-state index in [9.17, 15) is 9.18 Å². The fraction of sp³-hybridized carbons (Fsp3) is 0.0556. The van der Waals surface area contributed by atoms with Crippen molar-refractivity contribution >= 4 is 28.6 Å². The van der Waals surface area contributed by atoms with E-state index < -0.39 is 0 Å². The van der Waals surface area contributed by atoms with Gasteiger partial charge in [-0.25, -0.2) is 9.37 Å². The number of halogens is 1. The van der Waals surface area contributed by atoms with Gasteiger partial charge in [-0.1, -0.05) is 6.07 Å². The number of hydrogen-bond donors (Lipinski definition) is 0. The topological polar surface area (TPSA) is 47.8 Å². The second-order valence-corrected chi connectivity index (χ2v) is 7.30. The first-order chi connectivity index (χ1) is 12.1. The Morgan fingerprint density at radius 1 is 1.16 bits per heavy atom. The van der Waals surface area contributed by atoms with Gasteiger partial charge in [-0.05, 0) is 48.7 Å². The molecule has 0 amide bonds. The average molecular weight is 369 g/mol. The van der Waals surface area contributed by atoms with Gasteiger partial charge in [-0.15, -0.1) is 22.7 Å². The van der Waals surface area contributed by atoms with Gasteiger partial charge in [0.15, 0.2) is 0 Å². The van der Waals surface area contributed by atoms with Crippen LogP contribution >= 0.6 is 22.7 Å². The van der Waals surface area contributed by atoms with Gasteiger partial charge >= 0.3 is 0 Å². The molecule has 0 atom stereocenters. The number of aryl methyl sites for hydroxylation is 1. The van der Waals surface area contributed by atoms with Crippen molar-refractivity contribution in [1.29, 1.82) is 0 Å². The zero-order chi connectivity index (χ0) is 17.4. The molecule has 0 radical (unpaired) electrons. The maximum absolute atomic E-state index is 13.1. The minimum Gasteiger partial charge on any atom is -0.267 e. The fourth-order valence-corrected chi connectivity index (χ4v) is 4.37. The van der Waals surface area contributed by atoms with Crippen LogP contribution in [0.3, 0.4) is 0 Å². The highest BCUT2D eigenvalue weighted by Crippen LogP contribution is 2.36.